The van der Waals surface area contributed by atoms with Crippen molar-refractivity contribution in [2.45, 2.75) is 45.1 Å². The molecule has 5 heteroatoms. The molecule has 0 saturated carbocycles. The van der Waals surface area contributed by atoms with Crippen LogP contribution in [0.1, 0.15) is 39.5 Å². The Morgan fingerprint density at radius 3 is 2.11 bits per heavy atom. The molecule has 1 N–H and O–H groups in total. The van der Waals surface area contributed by atoms with E-state index in [4.69, 9.17) is 5.11 Å². The maximum atomic E-state index is 12.1. The number of nitrogens with zero attached hydrogens (tertiary/aromatic N) is 2. The van der Waals surface area contributed by atoms with Crippen molar-refractivity contribution >= 4 is 11.9 Å². The van der Waals surface area contributed by atoms with Gasteiger partial charge in [-0.3, -0.25) is 14.5 Å². The zero-order valence-electron chi connectivity index (χ0n) is 11.6. The van der Waals surface area contributed by atoms with Crippen LogP contribution in [-0.2, 0) is 9.59 Å². The van der Waals surface area contributed by atoms with Gasteiger partial charge in [-0.2, -0.15) is 0 Å². The molecule has 5 nitrogen and oxygen atoms in total. The molecule has 18 heavy (non-hydrogen) atoms. The number of aliphatic carboxylic acids is 1. The monoisotopic (exact) mass is 256 g/mol. The molecule has 0 aromatic rings. The lowest BCUT2D eigenvalue weighted by molar-refractivity contribution is -0.150. The topological polar surface area (TPSA) is 60.9 Å². The van der Waals surface area contributed by atoms with Crippen molar-refractivity contribution in [2.24, 2.45) is 0 Å². The van der Waals surface area contributed by atoms with Crippen molar-refractivity contribution in [2.75, 3.05) is 26.7 Å². The molecule has 0 bridgehead atoms. The normalized spacial score (nSPS) is 17.7. The van der Waals surface area contributed by atoms with Gasteiger partial charge in [0.05, 0.1) is 6.54 Å². The highest BCUT2D eigenvalue weighted by Gasteiger charge is 2.33. The molecule has 1 aliphatic rings. The SMILES string of the molecule is CN(CC(=O)N1CCCCCC1)C(C)(C)C(=O)O. The van der Waals surface area contributed by atoms with Crippen LogP contribution in [-0.4, -0.2) is 59.0 Å². The summed E-state index contributed by atoms with van der Waals surface area (Å²) < 4.78 is 0. The fourth-order valence-electron chi connectivity index (χ4n) is 1.98. The molecule has 0 aromatic heterocycles. The first-order valence-corrected chi connectivity index (χ1v) is 6.58. The largest absolute Gasteiger partial charge is 0.480 e. The molecule has 1 saturated heterocycles. The third kappa shape index (κ3) is 3.70. The Kier molecular flexibility index (Phi) is 5.14. The molecule has 1 fully saturated rings. The van der Waals surface area contributed by atoms with E-state index in [0.717, 1.165) is 25.9 Å². The van der Waals surface area contributed by atoms with Crippen LogP contribution in [0.3, 0.4) is 0 Å². The average molecular weight is 256 g/mol. The minimum absolute atomic E-state index is 0.0359. The van der Waals surface area contributed by atoms with Gasteiger partial charge < -0.3 is 10.0 Å². The Labute approximate surface area is 109 Å². The van der Waals surface area contributed by atoms with Gasteiger partial charge in [0.1, 0.15) is 5.54 Å². The van der Waals surface area contributed by atoms with E-state index < -0.39 is 11.5 Å². The molecular weight excluding hydrogens is 232 g/mol. The van der Waals surface area contributed by atoms with Crippen LogP contribution in [0, 0.1) is 0 Å². The van der Waals surface area contributed by atoms with Crippen LogP contribution in [0.15, 0.2) is 0 Å². The van der Waals surface area contributed by atoms with Crippen molar-refractivity contribution in [3.05, 3.63) is 0 Å². The van der Waals surface area contributed by atoms with Crippen molar-refractivity contribution in [3.63, 3.8) is 0 Å². The van der Waals surface area contributed by atoms with E-state index in [-0.39, 0.29) is 12.5 Å². The molecule has 0 atom stereocenters. The van der Waals surface area contributed by atoms with Crippen LogP contribution >= 0.6 is 0 Å². The Morgan fingerprint density at radius 1 is 1.17 bits per heavy atom. The number of carbonyl (C=O) groups is 2. The van der Waals surface area contributed by atoms with Crippen molar-refractivity contribution < 1.29 is 14.7 Å². The standard InChI is InChI=1S/C13H24N2O3/c1-13(2,12(17)18)14(3)10-11(16)15-8-6-4-5-7-9-15/h4-10H2,1-3H3,(H,17,18). The third-order valence-corrected chi connectivity index (χ3v) is 3.81. The van der Waals surface area contributed by atoms with Crippen LogP contribution in [0.2, 0.25) is 0 Å². The van der Waals surface area contributed by atoms with Gasteiger partial charge in [0.15, 0.2) is 0 Å². The first-order valence-electron chi connectivity index (χ1n) is 6.58. The van der Waals surface area contributed by atoms with Gasteiger partial charge in [-0.25, -0.2) is 0 Å². The number of carbonyl (C=O) groups excluding carboxylic acids is 1. The number of carboxylic acid groups (broad SMARTS) is 1. The fraction of sp³-hybridized carbons (Fsp3) is 0.846. The molecule has 0 aliphatic carbocycles. The summed E-state index contributed by atoms with van der Waals surface area (Å²) in [6, 6.07) is 0. The third-order valence-electron chi connectivity index (χ3n) is 3.81. The number of hydrogen-bond donors (Lipinski definition) is 1. The van der Waals surface area contributed by atoms with E-state index in [1.54, 1.807) is 25.8 Å². The summed E-state index contributed by atoms with van der Waals surface area (Å²) in [4.78, 5) is 26.7. The average Bonchev–Trinajstić information content (AvgIpc) is 2.56. The molecule has 0 radical (unpaired) electrons. The zero-order chi connectivity index (χ0) is 13.8. The number of rotatable bonds is 4. The first kappa shape index (κ1) is 15.0. The predicted molar refractivity (Wildman–Crippen MR) is 69.4 cm³/mol. The van der Waals surface area contributed by atoms with E-state index in [0.29, 0.717) is 0 Å². The summed E-state index contributed by atoms with van der Waals surface area (Å²) in [6.07, 6.45) is 4.47. The van der Waals surface area contributed by atoms with Crippen LogP contribution in [0.5, 0.6) is 0 Å². The fourth-order valence-corrected chi connectivity index (χ4v) is 1.98. The van der Waals surface area contributed by atoms with Gasteiger partial charge in [-0.15, -0.1) is 0 Å². The summed E-state index contributed by atoms with van der Waals surface area (Å²) in [6.45, 7) is 5.01. The Hall–Kier alpha value is -1.10. The van der Waals surface area contributed by atoms with Gasteiger partial charge in [0.25, 0.3) is 0 Å². The number of hydrogen-bond acceptors (Lipinski definition) is 3. The van der Waals surface area contributed by atoms with E-state index in [9.17, 15) is 9.59 Å². The second-order valence-electron chi connectivity index (χ2n) is 5.52. The maximum Gasteiger partial charge on any atom is 0.323 e. The minimum Gasteiger partial charge on any atom is -0.480 e. The number of likely N-dealkylation sites (N-methyl/N-ethyl adjacent to an activating group) is 1. The smallest absolute Gasteiger partial charge is 0.323 e. The van der Waals surface area contributed by atoms with Crippen molar-refractivity contribution in [1.82, 2.24) is 9.80 Å². The summed E-state index contributed by atoms with van der Waals surface area (Å²) in [5, 5.41) is 9.11. The predicted octanol–water partition coefficient (Wildman–Crippen LogP) is 1.18. The van der Waals surface area contributed by atoms with E-state index in [1.807, 2.05) is 4.90 Å². The summed E-state index contributed by atoms with van der Waals surface area (Å²) >= 11 is 0. The molecule has 0 unspecified atom stereocenters. The van der Waals surface area contributed by atoms with Gasteiger partial charge in [0, 0.05) is 13.1 Å². The molecule has 1 aliphatic heterocycles. The summed E-state index contributed by atoms with van der Waals surface area (Å²) in [5.74, 6) is -0.873. The summed E-state index contributed by atoms with van der Waals surface area (Å²) in [7, 11) is 1.68. The van der Waals surface area contributed by atoms with Gasteiger partial charge in [-0.05, 0) is 33.7 Å². The van der Waals surface area contributed by atoms with Gasteiger partial charge in [0.2, 0.25) is 5.91 Å². The lowest BCUT2D eigenvalue weighted by Crippen LogP contribution is -2.52. The summed E-state index contributed by atoms with van der Waals surface area (Å²) in [5.41, 5.74) is -1.01. The Morgan fingerprint density at radius 2 is 1.67 bits per heavy atom. The van der Waals surface area contributed by atoms with Crippen molar-refractivity contribution in [3.8, 4) is 0 Å². The molecule has 0 aromatic carbocycles. The van der Waals surface area contributed by atoms with Crippen molar-refractivity contribution in [1.29, 1.82) is 0 Å². The van der Waals surface area contributed by atoms with Gasteiger partial charge >= 0.3 is 5.97 Å². The second-order valence-corrected chi connectivity index (χ2v) is 5.52. The molecule has 0 spiro atoms. The number of likely N-dealkylation sites (tertiary alicyclic amines) is 1. The highest BCUT2D eigenvalue weighted by atomic mass is 16.4. The number of carboxylic acids is 1. The quantitative estimate of drug-likeness (QED) is 0.820. The molecule has 1 amide bonds. The molecule has 104 valence electrons. The molecular formula is C13H24N2O3. The zero-order valence-corrected chi connectivity index (χ0v) is 11.6. The van der Waals surface area contributed by atoms with Crippen LogP contribution in [0.4, 0.5) is 0 Å². The van der Waals surface area contributed by atoms with Gasteiger partial charge in [-0.1, -0.05) is 12.8 Å². The van der Waals surface area contributed by atoms with Crippen LogP contribution < -0.4 is 0 Å². The lowest BCUT2D eigenvalue weighted by atomic mass is 10.0. The first-order chi connectivity index (χ1) is 8.35. The Balaban J connectivity index is 2.55. The minimum atomic E-state index is -1.01. The van der Waals surface area contributed by atoms with Crippen LogP contribution in [0.25, 0.3) is 0 Å². The number of amides is 1. The van der Waals surface area contributed by atoms with E-state index >= 15 is 0 Å². The Bertz CT molecular complexity index is 307. The molecule has 1 rings (SSSR count). The highest BCUT2D eigenvalue weighted by Crippen LogP contribution is 2.14. The van der Waals surface area contributed by atoms with E-state index in [2.05, 4.69) is 0 Å². The lowest BCUT2D eigenvalue weighted by Gasteiger charge is -2.32. The van der Waals surface area contributed by atoms with E-state index in [1.165, 1.54) is 12.8 Å². The molecule has 1 heterocycles. The second kappa shape index (κ2) is 6.18. The maximum absolute atomic E-state index is 12.1. The highest BCUT2D eigenvalue weighted by molar-refractivity contribution is 5.81.